The average molecular weight is 522 g/mol. The van der Waals surface area contributed by atoms with Crippen molar-refractivity contribution in [2.45, 2.75) is 57.3 Å². The lowest BCUT2D eigenvalue weighted by Gasteiger charge is -2.46. The van der Waals surface area contributed by atoms with E-state index >= 15 is 0 Å². The van der Waals surface area contributed by atoms with Gasteiger partial charge in [0.25, 0.3) is 0 Å². The van der Waals surface area contributed by atoms with Crippen molar-refractivity contribution in [3.8, 4) is 22.6 Å². The quantitative estimate of drug-likeness (QED) is 0.291. The molecule has 3 aromatic carbocycles. The fraction of sp³-hybridized carbons (Fsp3) is 0.281. The number of piperidine rings is 1. The van der Waals surface area contributed by atoms with Gasteiger partial charge in [0.1, 0.15) is 0 Å². The molecule has 192 valence electrons. The van der Waals surface area contributed by atoms with Crippen molar-refractivity contribution in [3.05, 3.63) is 89.1 Å². The molecule has 2 unspecified atom stereocenters. The van der Waals surface area contributed by atoms with Gasteiger partial charge in [0.2, 0.25) is 5.91 Å². The number of amides is 1. The molecule has 2 bridgehead atoms. The zero-order chi connectivity index (χ0) is 25.6. The second kappa shape index (κ2) is 9.61. The predicted octanol–water partition coefficient (Wildman–Crippen LogP) is 7.81. The highest BCUT2D eigenvalue weighted by molar-refractivity contribution is 7.09. The Hall–Kier alpha value is -3.61. The molecule has 1 N–H and O–H groups in total. The SMILES string of the molecule is CC(=O)Nc1ccccc1-c1ccc2c(c1)Oc1ccccc1N2C1CC2CCC(C1)N2Cc1cccs1. The van der Waals surface area contributed by atoms with E-state index in [0.717, 1.165) is 59.1 Å². The van der Waals surface area contributed by atoms with Gasteiger partial charge in [-0.15, -0.1) is 11.3 Å². The third kappa shape index (κ3) is 4.18. The van der Waals surface area contributed by atoms with Gasteiger partial charge >= 0.3 is 0 Å². The highest BCUT2D eigenvalue weighted by Crippen LogP contribution is 2.52. The maximum atomic E-state index is 11.8. The molecule has 0 saturated carbocycles. The standard InChI is InChI=1S/C32H31N3O2S/c1-21(36)33-28-9-3-2-8-27(28)22-12-15-30-32(17-22)37-31-11-5-4-10-29(31)35(30)25-18-23-13-14-24(19-25)34(23)20-26-7-6-16-38-26/h2-12,15-17,23-25H,13-14,18-20H2,1H3,(H,33,36). The first-order valence-electron chi connectivity index (χ1n) is 13.5. The molecule has 0 spiro atoms. The fourth-order valence-electron chi connectivity index (χ4n) is 6.68. The molecule has 3 aliphatic heterocycles. The lowest BCUT2D eigenvalue weighted by atomic mass is 9.93. The highest BCUT2D eigenvalue weighted by atomic mass is 32.1. The third-order valence-electron chi connectivity index (χ3n) is 8.26. The molecule has 1 amide bonds. The van der Waals surface area contributed by atoms with Gasteiger partial charge in [-0.05, 0) is 73.0 Å². The molecule has 5 nitrogen and oxygen atoms in total. The Kier molecular flexibility index (Phi) is 5.94. The number of carbonyl (C=O) groups is 1. The minimum atomic E-state index is -0.0770. The minimum Gasteiger partial charge on any atom is -0.453 e. The summed E-state index contributed by atoms with van der Waals surface area (Å²) in [6, 6.07) is 28.9. The van der Waals surface area contributed by atoms with Crippen LogP contribution in [0, 0.1) is 0 Å². The molecule has 0 radical (unpaired) electrons. The Labute approximate surface area is 227 Å². The van der Waals surface area contributed by atoms with Gasteiger partial charge in [0.15, 0.2) is 11.5 Å². The molecule has 1 aromatic heterocycles. The number of ether oxygens (including phenoxy) is 1. The number of rotatable bonds is 5. The van der Waals surface area contributed by atoms with Gasteiger partial charge in [-0.1, -0.05) is 42.5 Å². The predicted molar refractivity (Wildman–Crippen MR) is 155 cm³/mol. The monoisotopic (exact) mass is 521 g/mol. The first-order valence-corrected chi connectivity index (χ1v) is 14.4. The third-order valence-corrected chi connectivity index (χ3v) is 9.12. The van der Waals surface area contributed by atoms with E-state index in [9.17, 15) is 4.79 Å². The van der Waals surface area contributed by atoms with Crippen LogP contribution in [0.2, 0.25) is 0 Å². The van der Waals surface area contributed by atoms with Crippen molar-refractivity contribution in [1.82, 2.24) is 4.90 Å². The van der Waals surface area contributed by atoms with E-state index in [-0.39, 0.29) is 5.91 Å². The van der Waals surface area contributed by atoms with Gasteiger partial charge < -0.3 is 15.0 Å². The number of hydrogen-bond acceptors (Lipinski definition) is 5. The molecule has 2 saturated heterocycles. The summed E-state index contributed by atoms with van der Waals surface area (Å²) >= 11 is 1.87. The normalized spacial score (nSPS) is 21.9. The molecular formula is C32H31N3O2S. The average Bonchev–Trinajstić information content (AvgIpc) is 3.51. The maximum Gasteiger partial charge on any atom is 0.221 e. The van der Waals surface area contributed by atoms with Crippen LogP contribution in [-0.4, -0.2) is 28.9 Å². The van der Waals surface area contributed by atoms with Crippen molar-refractivity contribution in [3.63, 3.8) is 0 Å². The topological polar surface area (TPSA) is 44.8 Å². The molecule has 0 aliphatic carbocycles. The molecule has 38 heavy (non-hydrogen) atoms. The van der Waals surface area contributed by atoms with Crippen molar-refractivity contribution < 1.29 is 9.53 Å². The molecule has 3 aliphatic rings. The van der Waals surface area contributed by atoms with E-state index in [0.29, 0.717) is 18.1 Å². The number of benzene rings is 3. The van der Waals surface area contributed by atoms with Crippen LogP contribution in [0.1, 0.15) is 37.5 Å². The first kappa shape index (κ1) is 23.5. The maximum absolute atomic E-state index is 11.8. The fourth-order valence-corrected chi connectivity index (χ4v) is 7.39. The Morgan fingerprint density at radius 2 is 1.66 bits per heavy atom. The largest absolute Gasteiger partial charge is 0.453 e. The second-order valence-corrected chi connectivity index (χ2v) is 11.6. The number of fused-ring (bicyclic) bond motifs is 4. The van der Waals surface area contributed by atoms with Crippen LogP contribution in [0.5, 0.6) is 11.5 Å². The first-order chi connectivity index (χ1) is 18.6. The molecule has 2 atom stereocenters. The summed E-state index contributed by atoms with van der Waals surface area (Å²) in [5.41, 5.74) is 5.10. The van der Waals surface area contributed by atoms with Crippen molar-refractivity contribution in [2.24, 2.45) is 0 Å². The van der Waals surface area contributed by atoms with Crippen LogP contribution < -0.4 is 15.0 Å². The number of hydrogen-bond donors (Lipinski definition) is 1. The van der Waals surface area contributed by atoms with E-state index in [1.54, 1.807) is 6.92 Å². The summed E-state index contributed by atoms with van der Waals surface area (Å²) in [5, 5.41) is 5.16. The summed E-state index contributed by atoms with van der Waals surface area (Å²) in [6.45, 7) is 2.62. The summed E-state index contributed by atoms with van der Waals surface area (Å²) in [6.07, 6.45) is 4.88. The van der Waals surface area contributed by atoms with E-state index in [4.69, 9.17) is 4.74 Å². The van der Waals surface area contributed by atoms with Gasteiger partial charge in [-0.25, -0.2) is 0 Å². The zero-order valence-corrected chi connectivity index (χ0v) is 22.3. The highest BCUT2D eigenvalue weighted by Gasteiger charge is 2.44. The van der Waals surface area contributed by atoms with Crippen LogP contribution in [0.15, 0.2) is 84.2 Å². The smallest absolute Gasteiger partial charge is 0.221 e. The molecule has 2 fully saturated rings. The number of para-hydroxylation sites is 3. The van der Waals surface area contributed by atoms with Crippen molar-refractivity contribution in [2.75, 3.05) is 10.2 Å². The zero-order valence-electron chi connectivity index (χ0n) is 21.5. The second-order valence-electron chi connectivity index (χ2n) is 10.6. The van der Waals surface area contributed by atoms with E-state index < -0.39 is 0 Å². The lowest BCUT2D eigenvalue weighted by Crippen LogP contribution is -2.49. The number of thiophene rings is 1. The van der Waals surface area contributed by atoms with Crippen molar-refractivity contribution in [1.29, 1.82) is 0 Å². The van der Waals surface area contributed by atoms with E-state index in [1.165, 1.54) is 17.7 Å². The van der Waals surface area contributed by atoms with Crippen LogP contribution in [0.3, 0.4) is 0 Å². The summed E-state index contributed by atoms with van der Waals surface area (Å²) in [5.74, 6) is 1.69. The van der Waals surface area contributed by atoms with Gasteiger partial charge in [-0.3, -0.25) is 9.69 Å². The summed E-state index contributed by atoms with van der Waals surface area (Å²) < 4.78 is 6.50. The summed E-state index contributed by atoms with van der Waals surface area (Å²) in [4.78, 5) is 18.6. The van der Waals surface area contributed by atoms with E-state index in [2.05, 4.69) is 69.0 Å². The number of nitrogens with one attached hydrogen (secondary N) is 1. The van der Waals surface area contributed by atoms with Crippen LogP contribution in [0.4, 0.5) is 17.1 Å². The van der Waals surface area contributed by atoms with Crippen molar-refractivity contribution >= 4 is 34.3 Å². The Bertz CT molecular complexity index is 1470. The van der Waals surface area contributed by atoms with Crippen LogP contribution in [-0.2, 0) is 11.3 Å². The van der Waals surface area contributed by atoms with Gasteiger partial charge in [0, 0.05) is 47.7 Å². The molecular weight excluding hydrogens is 490 g/mol. The van der Waals surface area contributed by atoms with Crippen LogP contribution in [0.25, 0.3) is 11.1 Å². The van der Waals surface area contributed by atoms with Gasteiger partial charge in [0.05, 0.1) is 11.4 Å². The number of anilines is 3. The van der Waals surface area contributed by atoms with Crippen LogP contribution >= 0.6 is 11.3 Å². The van der Waals surface area contributed by atoms with Gasteiger partial charge in [-0.2, -0.15) is 0 Å². The summed E-state index contributed by atoms with van der Waals surface area (Å²) in [7, 11) is 0. The number of carbonyl (C=O) groups excluding carboxylic acids is 1. The Morgan fingerprint density at radius 3 is 2.45 bits per heavy atom. The molecule has 6 heteroatoms. The lowest BCUT2D eigenvalue weighted by molar-refractivity contribution is -0.114. The minimum absolute atomic E-state index is 0.0770. The Morgan fingerprint density at radius 1 is 0.895 bits per heavy atom. The number of nitrogens with zero attached hydrogens (tertiary/aromatic N) is 2. The molecule has 7 rings (SSSR count). The Balaban J connectivity index is 1.23. The molecule has 4 aromatic rings. The van der Waals surface area contributed by atoms with E-state index in [1.807, 2.05) is 41.7 Å². The molecule has 4 heterocycles.